The van der Waals surface area contributed by atoms with E-state index in [4.69, 9.17) is 4.74 Å². The molecular formula is C25H35FN2O3S. The standard InChI is InChI=1S/C25H35FN2O3S/c1-3-4-5-6-10-24(29)27(15-8-16-31-2)20-25(30)28(19-23-9-7-17-32-23)18-21-11-13-22(26)14-12-21/h7,9,11-14,17H,3-6,8,10,15-16,18-20H2,1-2H3. The Labute approximate surface area is 195 Å². The Morgan fingerprint density at radius 3 is 2.41 bits per heavy atom. The van der Waals surface area contributed by atoms with Crippen molar-refractivity contribution in [1.82, 2.24) is 9.80 Å². The minimum Gasteiger partial charge on any atom is -0.385 e. The minimum atomic E-state index is -0.303. The highest BCUT2D eigenvalue weighted by molar-refractivity contribution is 7.09. The van der Waals surface area contributed by atoms with Crippen LogP contribution < -0.4 is 0 Å². The molecule has 0 aliphatic carbocycles. The summed E-state index contributed by atoms with van der Waals surface area (Å²) < 4.78 is 18.4. The molecule has 2 rings (SSSR count). The van der Waals surface area contributed by atoms with Crippen LogP contribution in [0.15, 0.2) is 41.8 Å². The highest BCUT2D eigenvalue weighted by Gasteiger charge is 2.22. The third-order valence-corrected chi connectivity index (χ3v) is 6.13. The lowest BCUT2D eigenvalue weighted by Gasteiger charge is -2.28. The summed E-state index contributed by atoms with van der Waals surface area (Å²) in [6.45, 7) is 4.06. The summed E-state index contributed by atoms with van der Waals surface area (Å²) in [5.74, 6) is -0.395. The van der Waals surface area contributed by atoms with E-state index < -0.39 is 0 Å². The molecular weight excluding hydrogens is 427 g/mol. The van der Waals surface area contributed by atoms with Gasteiger partial charge >= 0.3 is 0 Å². The molecule has 7 heteroatoms. The molecule has 0 aliphatic rings. The van der Waals surface area contributed by atoms with Crippen molar-refractivity contribution < 1.29 is 18.7 Å². The van der Waals surface area contributed by atoms with Crippen LogP contribution in [0.25, 0.3) is 0 Å². The van der Waals surface area contributed by atoms with Crippen LogP contribution in [0.4, 0.5) is 4.39 Å². The summed E-state index contributed by atoms with van der Waals surface area (Å²) >= 11 is 1.59. The van der Waals surface area contributed by atoms with Gasteiger partial charge in [-0.3, -0.25) is 9.59 Å². The molecule has 0 fully saturated rings. The van der Waals surface area contributed by atoms with Gasteiger partial charge in [0.2, 0.25) is 11.8 Å². The second kappa shape index (κ2) is 14.7. The first-order valence-electron chi connectivity index (χ1n) is 11.3. The van der Waals surface area contributed by atoms with Gasteiger partial charge in [-0.05, 0) is 42.0 Å². The predicted octanol–water partition coefficient (Wildman–Crippen LogP) is 5.25. The van der Waals surface area contributed by atoms with E-state index in [0.717, 1.165) is 36.1 Å². The molecule has 0 atom stereocenters. The van der Waals surface area contributed by atoms with E-state index in [2.05, 4.69) is 6.92 Å². The fraction of sp³-hybridized carbons (Fsp3) is 0.520. The summed E-state index contributed by atoms with van der Waals surface area (Å²) in [5.41, 5.74) is 0.855. The molecule has 5 nitrogen and oxygen atoms in total. The predicted molar refractivity (Wildman–Crippen MR) is 127 cm³/mol. The number of benzene rings is 1. The Hall–Kier alpha value is -2.25. The molecule has 1 aromatic carbocycles. The van der Waals surface area contributed by atoms with Gasteiger partial charge in [-0.1, -0.05) is 44.4 Å². The normalized spacial score (nSPS) is 10.8. The number of unbranched alkanes of at least 4 members (excludes halogenated alkanes) is 3. The number of hydrogen-bond donors (Lipinski definition) is 0. The third kappa shape index (κ3) is 9.49. The number of nitrogens with zero attached hydrogens (tertiary/aromatic N) is 2. The molecule has 2 aromatic rings. The van der Waals surface area contributed by atoms with Gasteiger partial charge in [-0.15, -0.1) is 11.3 Å². The number of halogens is 1. The first-order chi connectivity index (χ1) is 15.5. The van der Waals surface area contributed by atoms with Gasteiger partial charge < -0.3 is 14.5 Å². The molecule has 32 heavy (non-hydrogen) atoms. The molecule has 0 saturated heterocycles. The lowest BCUT2D eigenvalue weighted by Crippen LogP contribution is -2.43. The molecule has 0 aliphatic heterocycles. The van der Waals surface area contributed by atoms with Crippen molar-refractivity contribution in [2.24, 2.45) is 0 Å². The first kappa shape index (κ1) is 26.0. The minimum absolute atomic E-state index is 0.0170. The number of methoxy groups -OCH3 is 1. The molecule has 0 radical (unpaired) electrons. The molecule has 1 aromatic heterocycles. The maximum atomic E-state index is 13.3. The second-order valence-electron chi connectivity index (χ2n) is 7.93. The largest absolute Gasteiger partial charge is 0.385 e. The molecule has 1 heterocycles. The van der Waals surface area contributed by atoms with Crippen LogP contribution in [-0.2, 0) is 27.4 Å². The Bertz CT molecular complexity index is 796. The average Bonchev–Trinajstić information content (AvgIpc) is 3.30. The zero-order valence-corrected chi connectivity index (χ0v) is 20.0. The number of hydrogen-bond acceptors (Lipinski definition) is 4. The van der Waals surface area contributed by atoms with Crippen molar-refractivity contribution in [3.05, 3.63) is 58.0 Å². The topological polar surface area (TPSA) is 49.9 Å². The van der Waals surface area contributed by atoms with E-state index in [1.807, 2.05) is 17.5 Å². The van der Waals surface area contributed by atoms with E-state index >= 15 is 0 Å². The fourth-order valence-corrected chi connectivity index (χ4v) is 4.17. The number of rotatable bonds is 15. The summed E-state index contributed by atoms with van der Waals surface area (Å²) in [7, 11) is 1.63. The van der Waals surface area contributed by atoms with Crippen LogP contribution in [0.3, 0.4) is 0 Å². The highest BCUT2D eigenvalue weighted by atomic mass is 32.1. The fourth-order valence-electron chi connectivity index (χ4n) is 3.45. The SMILES string of the molecule is CCCCCCC(=O)N(CCCOC)CC(=O)N(Cc1ccc(F)cc1)Cc1cccs1. The number of carbonyl (C=O) groups is 2. The van der Waals surface area contributed by atoms with Crippen molar-refractivity contribution in [2.45, 2.75) is 58.5 Å². The quantitative estimate of drug-likeness (QED) is 0.340. The van der Waals surface area contributed by atoms with E-state index in [9.17, 15) is 14.0 Å². The molecule has 0 bridgehead atoms. The summed E-state index contributed by atoms with van der Waals surface area (Å²) in [5, 5.41) is 1.98. The lowest BCUT2D eigenvalue weighted by molar-refractivity contribution is -0.141. The van der Waals surface area contributed by atoms with Crippen LogP contribution in [-0.4, -0.2) is 48.4 Å². The van der Waals surface area contributed by atoms with Gasteiger partial charge in [0.1, 0.15) is 5.82 Å². The number of ether oxygens (including phenoxy) is 1. The second-order valence-corrected chi connectivity index (χ2v) is 8.96. The van der Waals surface area contributed by atoms with Gasteiger partial charge in [0.05, 0.1) is 13.1 Å². The molecule has 176 valence electrons. The Kier molecular flexibility index (Phi) is 12.0. The van der Waals surface area contributed by atoms with Crippen molar-refractivity contribution in [3.63, 3.8) is 0 Å². The first-order valence-corrected chi connectivity index (χ1v) is 12.2. The smallest absolute Gasteiger partial charge is 0.242 e. The molecule has 0 saturated carbocycles. The van der Waals surface area contributed by atoms with E-state index in [1.165, 1.54) is 12.1 Å². The zero-order valence-electron chi connectivity index (χ0n) is 19.2. The van der Waals surface area contributed by atoms with Crippen molar-refractivity contribution in [1.29, 1.82) is 0 Å². The van der Waals surface area contributed by atoms with Crippen molar-refractivity contribution in [2.75, 3.05) is 26.8 Å². The van der Waals surface area contributed by atoms with Gasteiger partial charge in [0.15, 0.2) is 0 Å². The van der Waals surface area contributed by atoms with Gasteiger partial charge in [-0.25, -0.2) is 4.39 Å². The van der Waals surface area contributed by atoms with Crippen LogP contribution in [0, 0.1) is 5.82 Å². The average molecular weight is 463 g/mol. The van der Waals surface area contributed by atoms with E-state index in [-0.39, 0.29) is 24.2 Å². The maximum absolute atomic E-state index is 13.3. The number of thiophene rings is 1. The molecule has 0 unspecified atom stereocenters. The van der Waals surface area contributed by atoms with Crippen LogP contribution in [0.1, 0.15) is 55.9 Å². The summed E-state index contributed by atoms with van der Waals surface area (Å²) in [4.78, 5) is 30.6. The van der Waals surface area contributed by atoms with Gasteiger partial charge in [-0.2, -0.15) is 0 Å². The Morgan fingerprint density at radius 1 is 0.969 bits per heavy atom. The van der Waals surface area contributed by atoms with Crippen LogP contribution in [0.5, 0.6) is 0 Å². The summed E-state index contributed by atoms with van der Waals surface area (Å²) in [6, 6.07) is 10.1. The van der Waals surface area contributed by atoms with Crippen LogP contribution in [0.2, 0.25) is 0 Å². The lowest BCUT2D eigenvalue weighted by atomic mass is 10.1. The Balaban J connectivity index is 2.07. The van der Waals surface area contributed by atoms with Crippen molar-refractivity contribution >= 4 is 23.2 Å². The zero-order chi connectivity index (χ0) is 23.2. The number of carbonyl (C=O) groups excluding carboxylic acids is 2. The van der Waals surface area contributed by atoms with Crippen LogP contribution >= 0.6 is 11.3 Å². The third-order valence-electron chi connectivity index (χ3n) is 5.27. The van der Waals surface area contributed by atoms with Gasteiger partial charge in [0.25, 0.3) is 0 Å². The van der Waals surface area contributed by atoms with Crippen molar-refractivity contribution in [3.8, 4) is 0 Å². The molecule has 0 spiro atoms. The number of amides is 2. The summed E-state index contributed by atoms with van der Waals surface area (Å²) in [6.07, 6.45) is 5.25. The monoisotopic (exact) mass is 462 g/mol. The maximum Gasteiger partial charge on any atom is 0.242 e. The molecule has 0 N–H and O–H groups in total. The Morgan fingerprint density at radius 2 is 1.75 bits per heavy atom. The van der Waals surface area contributed by atoms with E-state index in [0.29, 0.717) is 39.1 Å². The highest BCUT2D eigenvalue weighted by Crippen LogP contribution is 2.16. The van der Waals surface area contributed by atoms with Gasteiger partial charge in [0, 0.05) is 38.1 Å². The molecule has 2 amide bonds. The van der Waals surface area contributed by atoms with E-state index in [1.54, 1.807) is 40.4 Å².